The van der Waals surface area contributed by atoms with E-state index in [1.807, 2.05) is 6.92 Å². The lowest BCUT2D eigenvalue weighted by molar-refractivity contribution is 0.100. The number of rotatable bonds is 3. The minimum atomic E-state index is -0.696. The topological polar surface area (TPSA) is 120 Å². The molecule has 7 heteroatoms. The number of carbonyl (C=O) groups is 1. The Morgan fingerprint density at radius 3 is 2.50 bits per heavy atom. The van der Waals surface area contributed by atoms with E-state index in [4.69, 9.17) is 15.9 Å². The van der Waals surface area contributed by atoms with Gasteiger partial charge in [-0.15, -0.1) is 0 Å². The number of benzene rings is 1. The van der Waals surface area contributed by atoms with E-state index in [1.54, 1.807) is 38.1 Å². The molecule has 0 fully saturated rings. The number of primary amides is 1. The fourth-order valence-electron chi connectivity index (χ4n) is 2.73. The largest absolute Gasteiger partial charge is 0.508 e. The highest BCUT2D eigenvalue weighted by Crippen LogP contribution is 2.34. The van der Waals surface area contributed by atoms with Gasteiger partial charge >= 0.3 is 0 Å². The Labute approximate surface area is 138 Å². The summed E-state index contributed by atoms with van der Waals surface area (Å²) in [6.45, 7) is 5.40. The molecule has 0 spiro atoms. The number of carbonyl (C=O) groups excluding carboxylic acids is 1. The number of aromatic hydroxyl groups is 1. The van der Waals surface area contributed by atoms with Crippen molar-refractivity contribution in [1.82, 2.24) is 9.78 Å². The summed E-state index contributed by atoms with van der Waals surface area (Å²) >= 11 is 0. The number of hydrogen-bond donors (Lipinski definition) is 3. The predicted molar refractivity (Wildman–Crippen MR) is 90.1 cm³/mol. The zero-order valence-corrected chi connectivity index (χ0v) is 13.6. The number of aromatic nitrogens is 2. The molecule has 0 aliphatic heterocycles. The fourth-order valence-corrected chi connectivity index (χ4v) is 2.73. The van der Waals surface area contributed by atoms with Crippen molar-refractivity contribution in [3.8, 4) is 22.9 Å². The molecule has 0 saturated heterocycles. The first kappa shape index (κ1) is 15.7. The summed E-state index contributed by atoms with van der Waals surface area (Å²) in [4.78, 5) is 11.9. The lowest BCUT2D eigenvalue weighted by Crippen LogP contribution is -2.14. The van der Waals surface area contributed by atoms with E-state index >= 15 is 0 Å². The van der Waals surface area contributed by atoms with Crippen molar-refractivity contribution in [2.75, 3.05) is 5.73 Å². The van der Waals surface area contributed by atoms with E-state index in [9.17, 15) is 9.90 Å². The molecule has 7 nitrogen and oxygen atoms in total. The molecule has 0 aliphatic carbocycles. The summed E-state index contributed by atoms with van der Waals surface area (Å²) in [6.07, 6.45) is 0. The van der Waals surface area contributed by atoms with Gasteiger partial charge in [-0.05, 0) is 44.5 Å². The van der Waals surface area contributed by atoms with Crippen LogP contribution in [0, 0.1) is 20.8 Å². The Bertz CT molecular complexity index is 953. The molecule has 2 aromatic heterocycles. The number of phenolic OH excluding ortho intramolecular Hbond substituents is 1. The molecule has 124 valence electrons. The predicted octanol–water partition coefficient (Wildman–Crippen LogP) is 2.44. The minimum absolute atomic E-state index is 0.0893. The summed E-state index contributed by atoms with van der Waals surface area (Å²) in [7, 11) is 0. The molecule has 3 rings (SSSR count). The highest BCUT2D eigenvalue weighted by Gasteiger charge is 2.25. The minimum Gasteiger partial charge on any atom is -0.508 e. The summed E-state index contributed by atoms with van der Waals surface area (Å²) in [5.41, 5.74) is 14.0. The Hall–Kier alpha value is -3.22. The monoisotopic (exact) mass is 326 g/mol. The third-order valence-electron chi connectivity index (χ3n) is 3.96. The van der Waals surface area contributed by atoms with Gasteiger partial charge < -0.3 is 21.0 Å². The van der Waals surface area contributed by atoms with Gasteiger partial charge in [-0.2, -0.15) is 5.10 Å². The summed E-state index contributed by atoms with van der Waals surface area (Å²) < 4.78 is 6.97. The van der Waals surface area contributed by atoms with Gasteiger partial charge in [0.2, 0.25) is 0 Å². The second-order valence-corrected chi connectivity index (χ2v) is 5.67. The van der Waals surface area contributed by atoms with E-state index in [0.29, 0.717) is 22.8 Å². The number of nitrogen functional groups attached to an aromatic ring is 1. The van der Waals surface area contributed by atoms with Crippen LogP contribution in [0.5, 0.6) is 5.75 Å². The van der Waals surface area contributed by atoms with Crippen molar-refractivity contribution in [1.29, 1.82) is 0 Å². The fraction of sp³-hybridized carbons (Fsp3) is 0.176. The number of aryl methyl sites for hydroxylation is 2. The van der Waals surface area contributed by atoms with Gasteiger partial charge in [-0.25, -0.2) is 4.68 Å². The van der Waals surface area contributed by atoms with Gasteiger partial charge in [0.25, 0.3) is 5.91 Å². The molecular weight excluding hydrogens is 308 g/mol. The lowest BCUT2D eigenvalue weighted by atomic mass is 10.1. The molecule has 0 unspecified atom stereocenters. The van der Waals surface area contributed by atoms with Crippen LogP contribution < -0.4 is 11.5 Å². The summed E-state index contributed by atoms with van der Waals surface area (Å²) in [6, 6.07) is 6.81. The highest BCUT2D eigenvalue weighted by molar-refractivity contribution is 6.03. The van der Waals surface area contributed by atoms with E-state index in [-0.39, 0.29) is 22.8 Å². The molecule has 5 N–H and O–H groups in total. The van der Waals surface area contributed by atoms with Gasteiger partial charge in [0, 0.05) is 5.56 Å². The van der Waals surface area contributed by atoms with E-state index in [1.165, 1.54) is 4.68 Å². The molecule has 2 heterocycles. The highest BCUT2D eigenvalue weighted by atomic mass is 16.3. The van der Waals surface area contributed by atoms with Crippen LogP contribution in [0.4, 0.5) is 5.82 Å². The number of nitrogens with two attached hydrogens (primary N) is 2. The second kappa shape index (κ2) is 5.45. The van der Waals surface area contributed by atoms with E-state index in [0.717, 1.165) is 5.56 Å². The third-order valence-corrected chi connectivity index (χ3v) is 3.96. The number of nitrogens with zero attached hydrogens (tertiary/aromatic N) is 2. The summed E-state index contributed by atoms with van der Waals surface area (Å²) in [5, 5.41) is 14.4. The maximum Gasteiger partial charge on any atom is 0.254 e. The zero-order chi connectivity index (χ0) is 17.6. The zero-order valence-electron chi connectivity index (χ0n) is 13.6. The Morgan fingerprint density at radius 1 is 1.21 bits per heavy atom. The van der Waals surface area contributed by atoms with Crippen LogP contribution in [0.25, 0.3) is 17.1 Å². The van der Waals surface area contributed by atoms with Crippen molar-refractivity contribution in [3.63, 3.8) is 0 Å². The molecule has 1 aromatic carbocycles. The molecule has 0 atom stereocenters. The number of anilines is 1. The Morgan fingerprint density at radius 2 is 1.92 bits per heavy atom. The van der Waals surface area contributed by atoms with Gasteiger partial charge in [0.1, 0.15) is 28.6 Å². The van der Waals surface area contributed by atoms with Crippen molar-refractivity contribution in [3.05, 3.63) is 46.7 Å². The molecular formula is C17H18N4O3. The SMILES string of the molecule is Cc1ccc(-c2nn(-c3c(C)ccc(O)c3C)c(N)c2C(N)=O)o1. The molecule has 3 aromatic rings. The summed E-state index contributed by atoms with van der Waals surface area (Å²) in [5.74, 6) is 0.601. The number of phenols is 1. The van der Waals surface area contributed by atoms with Gasteiger partial charge in [0.15, 0.2) is 5.76 Å². The van der Waals surface area contributed by atoms with Gasteiger partial charge in [-0.3, -0.25) is 4.79 Å². The normalized spacial score (nSPS) is 11.0. The first-order valence-corrected chi connectivity index (χ1v) is 7.36. The maximum absolute atomic E-state index is 11.9. The number of furan rings is 1. The quantitative estimate of drug-likeness (QED) is 0.682. The van der Waals surface area contributed by atoms with E-state index < -0.39 is 5.91 Å². The average Bonchev–Trinajstić information content (AvgIpc) is 3.08. The first-order chi connectivity index (χ1) is 11.3. The third kappa shape index (κ3) is 2.30. The molecule has 0 aliphatic rings. The van der Waals surface area contributed by atoms with Gasteiger partial charge in [0.05, 0.1) is 5.69 Å². The Kier molecular flexibility index (Phi) is 3.56. The van der Waals surface area contributed by atoms with Crippen LogP contribution in [0.2, 0.25) is 0 Å². The van der Waals surface area contributed by atoms with Crippen molar-refractivity contribution >= 4 is 11.7 Å². The molecule has 0 saturated carbocycles. The van der Waals surface area contributed by atoms with Crippen molar-refractivity contribution in [2.45, 2.75) is 20.8 Å². The van der Waals surface area contributed by atoms with Gasteiger partial charge in [-0.1, -0.05) is 6.07 Å². The Balaban J connectivity index is 2.32. The van der Waals surface area contributed by atoms with Crippen LogP contribution >= 0.6 is 0 Å². The van der Waals surface area contributed by atoms with E-state index in [2.05, 4.69) is 5.10 Å². The van der Waals surface area contributed by atoms with Crippen LogP contribution in [0.1, 0.15) is 27.2 Å². The number of amides is 1. The van der Waals surface area contributed by atoms with Crippen LogP contribution in [-0.4, -0.2) is 20.8 Å². The van der Waals surface area contributed by atoms with Crippen LogP contribution in [0.3, 0.4) is 0 Å². The van der Waals surface area contributed by atoms with Crippen LogP contribution in [-0.2, 0) is 0 Å². The second-order valence-electron chi connectivity index (χ2n) is 5.67. The number of hydrogen-bond acceptors (Lipinski definition) is 5. The molecule has 0 bridgehead atoms. The van der Waals surface area contributed by atoms with Crippen molar-refractivity contribution < 1.29 is 14.3 Å². The van der Waals surface area contributed by atoms with Crippen molar-refractivity contribution in [2.24, 2.45) is 5.73 Å². The van der Waals surface area contributed by atoms with Crippen LogP contribution in [0.15, 0.2) is 28.7 Å². The smallest absolute Gasteiger partial charge is 0.254 e. The first-order valence-electron chi connectivity index (χ1n) is 7.36. The standard InChI is InChI=1S/C17H18N4O3/c1-8-4-6-11(22)10(3)15(8)21-16(18)13(17(19)23)14(20-21)12-7-5-9(2)24-12/h4-7,22H,18H2,1-3H3,(H2,19,23). The lowest BCUT2D eigenvalue weighted by Gasteiger charge is -2.12. The molecule has 24 heavy (non-hydrogen) atoms. The molecule has 0 radical (unpaired) electrons. The molecule has 1 amide bonds. The maximum atomic E-state index is 11.9. The average molecular weight is 326 g/mol.